The van der Waals surface area contributed by atoms with Crippen LogP contribution in [0.5, 0.6) is 0 Å². The van der Waals surface area contributed by atoms with Crippen LogP contribution >= 0.6 is 11.8 Å². The standard InChI is InChI=1S/C24H27N3O6S/c1-5-7-12-27-22(30)16-10-8-9-11-17(16)25-24(27)34-13-18(29)26-21-20(23(31)32-6-2)19(14(3)28)15(4)33-21/h8-11H,5-7,12-13H2,1-4H3,(H,26,29). The Balaban J connectivity index is 1.86. The number of para-hydroxylation sites is 1. The third-order valence-electron chi connectivity index (χ3n) is 5.06. The SMILES string of the molecule is CCCCn1c(SCC(=O)Nc2oc(C)c(C(C)=O)c2C(=O)OCC)nc2ccccc2c1=O. The average molecular weight is 486 g/mol. The Labute approximate surface area is 200 Å². The Morgan fingerprint density at radius 1 is 1.18 bits per heavy atom. The third-order valence-corrected chi connectivity index (χ3v) is 6.04. The number of ether oxygens (including phenoxy) is 1. The number of unbranched alkanes of at least 4 members (excludes halogenated alkanes) is 1. The smallest absolute Gasteiger partial charge is 0.344 e. The van der Waals surface area contributed by atoms with Crippen molar-refractivity contribution in [1.29, 1.82) is 0 Å². The van der Waals surface area contributed by atoms with Crippen molar-refractivity contribution >= 4 is 46.2 Å². The van der Waals surface area contributed by atoms with Crippen LogP contribution in [0.15, 0.2) is 38.6 Å². The molecule has 0 aliphatic rings. The number of furan rings is 1. The molecule has 10 heteroatoms. The quantitative estimate of drug-likeness (QED) is 0.196. The average Bonchev–Trinajstić information content (AvgIpc) is 3.13. The lowest BCUT2D eigenvalue weighted by Crippen LogP contribution is -2.24. The van der Waals surface area contributed by atoms with E-state index in [4.69, 9.17) is 9.15 Å². The number of nitrogens with zero attached hydrogens (tertiary/aromatic N) is 2. The third kappa shape index (κ3) is 5.39. The van der Waals surface area contributed by atoms with Gasteiger partial charge in [0.2, 0.25) is 11.8 Å². The molecule has 0 radical (unpaired) electrons. The summed E-state index contributed by atoms with van der Waals surface area (Å²) in [4.78, 5) is 54.8. The minimum atomic E-state index is -0.753. The maximum Gasteiger partial charge on any atom is 0.344 e. The monoisotopic (exact) mass is 485 g/mol. The first kappa shape index (κ1) is 25.2. The molecular formula is C24H27N3O6S. The summed E-state index contributed by atoms with van der Waals surface area (Å²) in [6.07, 6.45) is 1.69. The van der Waals surface area contributed by atoms with E-state index in [2.05, 4.69) is 10.3 Å². The van der Waals surface area contributed by atoms with E-state index >= 15 is 0 Å². The summed E-state index contributed by atoms with van der Waals surface area (Å²) in [5, 5.41) is 3.51. The van der Waals surface area contributed by atoms with Crippen molar-refractivity contribution in [3.63, 3.8) is 0 Å². The van der Waals surface area contributed by atoms with E-state index in [1.165, 1.54) is 13.8 Å². The number of nitrogens with one attached hydrogen (secondary N) is 1. The van der Waals surface area contributed by atoms with Gasteiger partial charge in [-0.05, 0) is 39.3 Å². The lowest BCUT2D eigenvalue weighted by atomic mass is 10.1. The first-order valence-electron chi connectivity index (χ1n) is 11.0. The fourth-order valence-electron chi connectivity index (χ4n) is 3.52. The van der Waals surface area contributed by atoms with Crippen molar-refractivity contribution in [3.8, 4) is 0 Å². The van der Waals surface area contributed by atoms with Gasteiger partial charge in [-0.3, -0.25) is 24.3 Å². The number of esters is 1. The number of carbonyl (C=O) groups excluding carboxylic acids is 3. The van der Waals surface area contributed by atoms with Crippen molar-refractivity contribution < 1.29 is 23.5 Å². The van der Waals surface area contributed by atoms with Crippen molar-refractivity contribution in [2.24, 2.45) is 0 Å². The fraction of sp³-hybridized carbons (Fsp3) is 0.375. The Kier molecular flexibility index (Phi) is 8.27. The highest BCUT2D eigenvalue weighted by atomic mass is 32.2. The van der Waals surface area contributed by atoms with Gasteiger partial charge in [0.05, 0.1) is 28.8 Å². The van der Waals surface area contributed by atoms with Gasteiger partial charge in [-0.1, -0.05) is 37.2 Å². The molecule has 180 valence electrons. The van der Waals surface area contributed by atoms with Crippen LogP contribution in [0.2, 0.25) is 0 Å². The van der Waals surface area contributed by atoms with E-state index < -0.39 is 11.9 Å². The number of anilines is 1. The van der Waals surface area contributed by atoms with Gasteiger partial charge in [0.25, 0.3) is 5.56 Å². The van der Waals surface area contributed by atoms with Gasteiger partial charge in [0.1, 0.15) is 11.3 Å². The predicted molar refractivity (Wildman–Crippen MR) is 130 cm³/mol. The van der Waals surface area contributed by atoms with Crippen molar-refractivity contribution in [1.82, 2.24) is 9.55 Å². The van der Waals surface area contributed by atoms with E-state index in [0.717, 1.165) is 24.6 Å². The molecule has 34 heavy (non-hydrogen) atoms. The molecular weight excluding hydrogens is 458 g/mol. The number of hydrogen-bond donors (Lipinski definition) is 1. The van der Waals surface area contributed by atoms with Crippen LogP contribution in [0.25, 0.3) is 10.9 Å². The fourth-order valence-corrected chi connectivity index (χ4v) is 4.34. The van der Waals surface area contributed by atoms with Gasteiger partial charge in [0, 0.05) is 6.54 Å². The second-order valence-corrected chi connectivity index (χ2v) is 8.52. The van der Waals surface area contributed by atoms with Crippen LogP contribution in [-0.4, -0.2) is 39.6 Å². The lowest BCUT2D eigenvalue weighted by Gasteiger charge is -2.12. The van der Waals surface area contributed by atoms with E-state index in [9.17, 15) is 19.2 Å². The van der Waals surface area contributed by atoms with Crippen molar-refractivity contribution in [3.05, 3.63) is 51.5 Å². The first-order chi connectivity index (χ1) is 16.3. The number of aromatic nitrogens is 2. The highest BCUT2D eigenvalue weighted by Gasteiger charge is 2.28. The molecule has 0 spiro atoms. The van der Waals surface area contributed by atoms with Crippen LogP contribution in [0.1, 0.15) is 60.1 Å². The summed E-state index contributed by atoms with van der Waals surface area (Å²) in [5.41, 5.74) is 0.375. The molecule has 1 aromatic carbocycles. The Morgan fingerprint density at radius 2 is 1.91 bits per heavy atom. The Morgan fingerprint density at radius 3 is 2.59 bits per heavy atom. The molecule has 0 bridgehead atoms. The molecule has 2 heterocycles. The second kappa shape index (κ2) is 11.1. The maximum atomic E-state index is 13.0. The number of thioether (sulfide) groups is 1. The highest BCUT2D eigenvalue weighted by molar-refractivity contribution is 7.99. The number of rotatable bonds is 10. The number of fused-ring (bicyclic) bond motifs is 1. The van der Waals surface area contributed by atoms with Gasteiger partial charge in [-0.25, -0.2) is 9.78 Å². The number of benzene rings is 1. The molecule has 0 unspecified atom stereocenters. The topological polar surface area (TPSA) is 120 Å². The number of Topliss-reactive ketones (excluding diaryl/α,β-unsaturated/α-hetero) is 1. The molecule has 0 aliphatic heterocycles. The lowest BCUT2D eigenvalue weighted by molar-refractivity contribution is -0.113. The largest absolute Gasteiger partial charge is 0.462 e. The van der Waals surface area contributed by atoms with E-state index in [1.54, 1.807) is 35.8 Å². The summed E-state index contributed by atoms with van der Waals surface area (Å²) >= 11 is 1.11. The second-order valence-electron chi connectivity index (χ2n) is 7.57. The summed E-state index contributed by atoms with van der Waals surface area (Å²) in [6, 6.07) is 7.08. The Hall–Kier alpha value is -3.40. The number of aryl methyl sites for hydroxylation is 1. The molecule has 2 aromatic heterocycles. The van der Waals surface area contributed by atoms with Crippen LogP contribution < -0.4 is 10.9 Å². The summed E-state index contributed by atoms with van der Waals surface area (Å²) in [6.45, 7) is 7.11. The number of hydrogen-bond acceptors (Lipinski definition) is 8. The van der Waals surface area contributed by atoms with E-state index in [0.29, 0.717) is 22.6 Å². The molecule has 3 rings (SSSR count). The number of ketones is 1. The van der Waals surface area contributed by atoms with Gasteiger partial charge >= 0.3 is 5.97 Å². The van der Waals surface area contributed by atoms with Crippen molar-refractivity contribution in [2.45, 2.75) is 52.2 Å². The molecule has 0 atom stereocenters. The number of amides is 1. The molecule has 9 nitrogen and oxygen atoms in total. The molecule has 0 saturated heterocycles. The first-order valence-corrected chi connectivity index (χ1v) is 12.0. The molecule has 0 fully saturated rings. The zero-order chi connectivity index (χ0) is 24.8. The van der Waals surface area contributed by atoms with Crippen LogP contribution in [0, 0.1) is 6.92 Å². The molecule has 0 saturated carbocycles. The normalized spacial score (nSPS) is 10.9. The molecule has 0 aliphatic carbocycles. The minimum Gasteiger partial charge on any atom is -0.462 e. The summed E-state index contributed by atoms with van der Waals surface area (Å²) in [7, 11) is 0. The van der Waals surface area contributed by atoms with Crippen LogP contribution in [0.3, 0.4) is 0 Å². The van der Waals surface area contributed by atoms with E-state index in [1.807, 2.05) is 6.92 Å². The summed E-state index contributed by atoms with van der Waals surface area (Å²) in [5.74, 6) is -1.63. The van der Waals surface area contributed by atoms with Gasteiger partial charge < -0.3 is 9.15 Å². The number of carbonyl (C=O) groups is 3. The zero-order valence-electron chi connectivity index (χ0n) is 19.6. The zero-order valence-corrected chi connectivity index (χ0v) is 20.4. The van der Waals surface area contributed by atoms with Crippen LogP contribution in [0.4, 0.5) is 5.88 Å². The van der Waals surface area contributed by atoms with E-state index in [-0.39, 0.29) is 46.5 Å². The predicted octanol–water partition coefficient (Wildman–Crippen LogP) is 4.21. The molecule has 1 N–H and O–H groups in total. The highest BCUT2D eigenvalue weighted by Crippen LogP contribution is 2.29. The van der Waals surface area contributed by atoms with Gasteiger partial charge in [0.15, 0.2) is 10.9 Å². The van der Waals surface area contributed by atoms with Crippen LogP contribution in [-0.2, 0) is 16.1 Å². The molecule has 1 amide bonds. The maximum absolute atomic E-state index is 13.0. The minimum absolute atomic E-state index is 0.0750. The van der Waals surface area contributed by atoms with Crippen molar-refractivity contribution in [2.75, 3.05) is 17.7 Å². The Bertz CT molecular complexity index is 1290. The van der Waals surface area contributed by atoms with Gasteiger partial charge in [-0.15, -0.1) is 0 Å². The molecule has 3 aromatic rings. The summed E-state index contributed by atoms with van der Waals surface area (Å²) < 4.78 is 12.1. The van der Waals surface area contributed by atoms with Gasteiger partial charge in [-0.2, -0.15) is 0 Å².